The van der Waals surface area contributed by atoms with Crippen molar-refractivity contribution in [2.75, 3.05) is 13.2 Å². The molecule has 0 spiro atoms. The zero-order valence-electron chi connectivity index (χ0n) is 13.2. The van der Waals surface area contributed by atoms with Gasteiger partial charge in [0.2, 0.25) is 0 Å². The smallest absolute Gasteiger partial charge is 0.307 e. The molecule has 0 bridgehead atoms. The van der Waals surface area contributed by atoms with Crippen LogP contribution in [0, 0.1) is 13.8 Å². The number of carbonyl (C=O) groups excluding carboxylic acids is 1. The fourth-order valence-electron chi connectivity index (χ4n) is 2.27. The molecule has 3 nitrogen and oxygen atoms in total. The topological polar surface area (TPSA) is 38.3 Å². The van der Waals surface area contributed by atoms with E-state index in [1.807, 2.05) is 6.92 Å². The minimum Gasteiger partial charge on any atom is -0.466 e. The van der Waals surface area contributed by atoms with Crippen molar-refractivity contribution >= 4 is 5.97 Å². The van der Waals surface area contributed by atoms with Gasteiger partial charge in [0.15, 0.2) is 0 Å². The van der Waals surface area contributed by atoms with Crippen molar-refractivity contribution in [3.05, 3.63) is 34.9 Å². The molecule has 0 aromatic heterocycles. The summed E-state index contributed by atoms with van der Waals surface area (Å²) in [5.74, 6) is -0.119. The third-order valence-electron chi connectivity index (χ3n) is 3.37. The monoisotopic (exact) mass is 277 g/mol. The van der Waals surface area contributed by atoms with Gasteiger partial charge in [-0.1, -0.05) is 30.7 Å². The van der Waals surface area contributed by atoms with Gasteiger partial charge < -0.3 is 10.1 Å². The third kappa shape index (κ3) is 5.74. The minimum absolute atomic E-state index is 0.119. The Morgan fingerprint density at radius 2 is 2.05 bits per heavy atom. The Labute approximate surface area is 122 Å². The molecular formula is C17H27NO2. The van der Waals surface area contributed by atoms with Crippen molar-refractivity contribution in [2.24, 2.45) is 0 Å². The second kappa shape index (κ2) is 8.75. The van der Waals surface area contributed by atoms with Gasteiger partial charge in [0.05, 0.1) is 13.0 Å². The summed E-state index contributed by atoms with van der Waals surface area (Å²) >= 11 is 0. The molecule has 1 unspecified atom stereocenters. The molecule has 3 heteroatoms. The van der Waals surface area contributed by atoms with E-state index in [1.165, 1.54) is 16.7 Å². The van der Waals surface area contributed by atoms with Crippen LogP contribution in [0.2, 0.25) is 0 Å². The first-order chi connectivity index (χ1) is 9.56. The molecule has 0 amide bonds. The number of rotatable bonds is 8. The Morgan fingerprint density at radius 1 is 1.30 bits per heavy atom. The van der Waals surface area contributed by atoms with E-state index in [0.717, 1.165) is 19.4 Å². The van der Waals surface area contributed by atoms with E-state index in [2.05, 4.69) is 44.3 Å². The van der Waals surface area contributed by atoms with Crippen molar-refractivity contribution in [2.45, 2.75) is 53.0 Å². The maximum absolute atomic E-state index is 11.7. The van der Waals surface area contributed by atoms with Gasteiger partial charge in [-0.25, -0.2) is 0 Å². The summed E-state index contributed by atoms with van der Waals surface area (Å²) in [5, 5.41) is 3.45. The van der Waals surface area contributed by atoms with Crippen molar-refractivity contribution in [1.29, 1.82) is 0 Å². The molecule has 0 saturated carbocycles. The highest BCUT2D eigenvalue weighted by Crippen LogP contribution is 2.14. The average molecular weight is 277 g/mol. The molecule has 0 fully saturated rings. The normalized spacial score (nSPS) is 12.2. The van der Waals surface area contributed by atoms with Crippen LogP contribution in [-0.2, 0) is 16.0 Å². The predicted octanol–water partition coefficient (Wildman–Crippen LogP) is 3.17. The molecule has 0 aliphatic carbocycles. The quantitative estimate of drug-likeness (QED) is 0.742. The SMILES string of the molecule is CCCNC(CC(=O)OCC)Cc1cc(C)ccc1C. The number of carbonyl (C=O) groups is 1. The molecule has 0 radical (unpaired) electrons. The fourth-order valence-corrected chi connectivity index (χ4v) is 2.27. The second-order valence-electron chi connectivity index (χ2n) is 5.29. The van der Waals surface area contributed by atoms with Crippen molar-refractivity contribution in [3.8, 4) is 0 Å². The van der Waals surface area contributed by atoms with E-state index in [-0.39, 0.29) is 12.0 Å². The van der Waals surface area contributed by atoms with E-state index in [4.69, 9.17) is 4.74 Å². The Bertz CT molecular complexity index is 429. The van der Waals surface area contributed by atoms with Gasteiger partial charge >= 0.3 is 5.97 Å². The molecule has 1 N–H and O–H groups in total. The van der Waals surface area contributed by atoms with Crippen LogP contribution in [0.1, 0.15) is 43.4 Å². The van der Waals surface area contributed by atoms with Crippen molar-refractivity contribution in [3.63, 3.8) is 0 Å². The first-order valence-electron chi connectivity index (χ1n) is 7.52. The van der Waals surface area contributed by atoms with Gasteiger partial charge in [-0.2, -0.15) is 0 Å². The molecule has 1 aromatic carbocycles. The molecule has 0 saturated heterocycles. The Hall–Kier alpha value is -1.35. The van der Waals surface area contributed by atoms with Gasteiger partial charge in [-0.3, -0.25) is 4.79 Å². The fraction of sp³-hybridized carbons (Fsp3) is 0.588. The van der Waals surface area contributed by atoms with Gasteiger partial charge in [-0.15, -0.1) is 0 Å². The molecule has 0 aliphatic rings. The molecule has 1 aromatic rings. The van der Waals surface area contributed by atoms with Gasteiger partial charge in [0.25, 0.3) is 0 Å². The van der Waals surface area contributed by atoms with Crippen LogP contribution in [0.4, 0.5) is 0 Å². The Balaban J connectivity index is 2.72. The number of ether oxygens (including phenoxy) is 1. The number of hydrogen-bond donors (Lipinski definition) is 1. The Kier molecular flexibility index (Phi) is 7.31. The first kappa shape index (κ1) is 16.7. The van der Waals surface area contributed by atoms with Crippen LogP contribution in [0.3, 0.4) is 0 Å². The van der Waals surface area contributed by atoms with E-state index in [9.17, 15) is 4.79 Å². The average Bonchev–Trinajstić information content (AvgIpc) is 2.40. The molecule has 112 valence electrons. The van der Waals surface area contributed by atoms with E-state index in [1.54, 1.807) is 0 Å². The van der Waals surface area contributed by atoms with Crippen LogP contribution < -0.4 is 5.32 Å². The van der Waals surface area contributed by atoms with Crippen LogP contribution in [0.15, 0.2) is 18.2 Å². The highest BCUT2D eigenvalue weighted by atomic mass is 16.5. The van der Waals surface area contributed by atoms with Crippen LogP contribution in [-0.4, -0.2) is 25.2 Å². The highest BCUT2D eigenvalue weighted by molar-refractivity contribution is 5.70. The molecule has 20 heavy (non-hydrogen) atoms. The zero-order valence-corrected chi connectivity index (χ0v) is 13.2. The summed E-state index contributed by atoms with van der Waals surface area (Å²) in [6, 6.07) is 6.63. The lowest BCUT2D eigenvalue weighted by Gasteiger charge is -2.19. The number of nitrogens with one attached hydrogen (secondary N) is 1. The largest absolute Gasteiger partial charge is 0.466 e. The lowest BCUT2D eigenvalue weighted by Crippen LogP contribution is -2.34. The van der Waals surface area contributed by atoms with Crippen molar-refractivity contribution in [1.82, 2.24) is 5.32 Å². The molecular weight excluding hydrogens is 250 g/mol. The van der Waals surface area contributed by atoms with E-state index < -0.39 is 0 Å². The lowest BCUT2D eigenvalue weighted by molar-refractivity contribution is -0.143. The Morgan fingerprint density at radius 3 is 2.70 bits per heavy atom. The summed E-state index contributed by atoms with van der Waals surface area (Å²) < 4.78 is 5.07. The number of esters is 1. The molecule has 0 aliphatic heterocycles. The molecule has 1 atom stereocenters. The maximum Gasteiger partial charge on any atom is 0.307 e. The van der Waals surface area contributed by atoms with Gasteiger partial charge in [0.1, 0.15) is 0 Å². The summed E-state index contributed by atoms with van der Waals surface area (Å²) in [7, 11) is 0. The maximum atomic E-state index is 11.7. The summed E-state index contributed by atoms with van der Waals surface area (Å²) in [6.45, 7) is 9.57. The zero-order chi connectivity index (χ0) is 15.0. The van der Waals surface area contributed by atoms with Crippen LogP contribution in [0.5, 0.6) is 0 Å². The highest BCUT2D eigenvalue weighted by Gasteiger charge is 2.15. The number of benzene rings is 1. The van der Waals surface area contributed by atoms with Gasteiger partial charge in [-0.05, 0) is 51.3 Å². The van der Waals surface area contributed by atoms with E-state index in [0.29, 0.717) is 13.0 Å². The minimum atomic E-state index is -0.119. The number of aryl methyl sites for hydroxylation is 2. The second-order valence-corrected chi connectivity index (χ2v) is 5.29. The van der Waals surface area contributed by atoms with Crippen molar-refractivity contribution < 1.29 is 9.53 Å². The predicted molar refractivity (Wildman–Crippen MR) is 83.0 cm³/mol. The summed E-state index contributed by atoms with van der Waals surface area (Å²) in [4.78, 5) is 11.7. The van der Waals surface area contributed by atoms with E-state index >= 15 is 0 Å². The summed E-state index contributed by atoms with van der Waals surface area (Å²) in [6.07, 6.45) is 2.36. The summed E-state index contributed by atoms with van der Waals surface area (Å²) in [5.41, 5.74) is 3.85. The molecule has 1 rings (SSSR count). The molecule has 0 heterocycles. The van der Waals surface area contributed by atoms with Gasteiger partial charge in [0, 0.05) is 6.04 Å². The van der Waals surface area contributed by atoms with Crippen LogP contribution in [0.25, 0.3) is 0 Å². The lowest BCUT2D eigenvalue weighted by atomic mass is 9.97. The standard InChI is InChI=1S/C17H27NO2/c1-5-9-18-16(12-17(19)20-6-2)11-15-10-13(3)7-8-14(15)4/h7-8,10,16,18H,5-6,9,11-12H2,1-4H3. The van der Waals surface area contributed by atoms with Crippen LogP contribution >= 0.6 is 0 Å². The third-order valence-corrected chi connectivity index (χ3v) is 3.37. The first-order valence-corrected chi connectivity index (χ1v) is 7.52. The number of hydrogen-bond acceptors (Lipinski definition) is 3.